The number of nitrogen functional groups attached to an aromatic ring is 1. The molecule has 0 aliphatic carbocycles. The van der Waals surface area contributed by atoms with Gasteiger partial charge in [-0.05, 0) is 23.8 Å². The second kappa shape index (κ2) is 4.31. The van der Waals surface area contributed by atoms with Gasteiger partial charge in [0.25, 0.3) is 15.9 Å². The Hall–Kier alpha value is -2.41. The Kier molecular flexibility index (Phi) is 2.72. The van der Waals surface area contributed by atoms with E-state index in [-0.39, 0.29) is 17.0 Å². The molecule has 2 N–H and O–H groups in total. The van der Waals surface area contributed by atoms with Crippen LogP contribution in [0.5, 0.6) is 0 Å². The first-order chi connectivity index (χ1) is 9.50. The maximum Gasteiger partial charge on any atom is 0.269 e. The molecule has 6 nitrogen and oxygen atoms in total. The van der Waals surface area contributed by atoms with Crippen LogP contribution in [0.15, 0.2) is 47.5 Å². The van der Waals surface area contributed by atoms with Crippen molar-refractivity contribution in [2.75, 3.05) is 5.73 Å². The summed E-state index contributed by atoms with van der Waals surface area (Å²) in [6, 6.07) is 9.39. The number of anilines is 1. The van der Waals surface area contributed by atoms with E-state index in [9.17, 15) is 13.2 Å². The number of nitrogens with zero attached hydrogens (tertiary/aromatic N) is 2. The van der Waals surface area contributed by atoms with Gasteiger partial charge in [0.2, 0.25) is 0 Å². The molecule has 0 spiro atoms. The average Bonchev–Trinajstić information content (AvgIpc) is 2.63. The van der Waals surface area contributed by atoms with Gasteiger partial charge in [-0.3, -0.25) is 4.79 Å². The summed E-state index contributed by atoms with van der Waals surface area (Å²) in [4.78, 5) is 16.1. The average molecular weight is 289 g/mol. The van der Waals surface area contributed by atoms with Crippen LogP contribution in [0.3, 0.4) is 0 Å². The van der Waals surface area contributed by atoms with Crippen LogP contribution in [0, 0.1) is 0 Å². The highest BCUT2D eigenvalue weighted by Gasteiger charge is 2.40. The number of benzene rings is 1. The van der Waals surface area contributed by atoms with Crippen LogP contribution in [0.1, 0.15) is 15.9 Å². The zero-order valence-corrected chi connectivity index (χ0v) is 11.2. The molecule has 0 radical (unpaired) electrons. The van der Waals surface area contributed by atoms with E-state index in [2.05, 4.69) is 4.98 Å². The van der Waals surface area contributed by atoms with E-state index in [1.54, 1.807) is 24.3 Å². The predicted molar refractivity (Wildman–Crippen MR) is 72.2 cm³/mol. The van der Waals surface area contributed by atoms with E-state index in [0.717, 1.165) is 4.31 Å². The molecule has 3 rings (SSSR count). The number of nitrogens with two attached hydrogens (primary N) is 1. The van der Waals surface area contributed by atoms with Crippen LogP contribution in [-0.4, -0.2) is 23.6 Å². The van der Waals surface area contributed by atoms with Crippen LogP contribution in [-0.2, 0) is 16.6 Å². The van der Waals surface area contributed by atoms with Crippen LogP contribution >= 0.6 is 0 Å². The highest BCUT2D eigenvalue weighted by molar-refractivity contribution is 7.90. The number of fused-ring (bicyclic) bond motifs is 1. The molecule has 0 fully saturated rings. The summed E-state index contributed by atoms with van der Waals surface area (Å²) in [5.41, 5.74) is 6.28. The summed E-state index contributed by atoms with van der Waals surface area (Å²) in [7, 11) is -3.78. The second-order valence-corrected chi connectivity index (χ2v) is 6.24. The van der Waals surface area contributed by atoms with E-state index in [4.69, 9.17) is 5.73 Å². The summed E-state index contributed by atoms with van der Waals surface area (Å²) in [6.45, 7) is -0.0525. The van der Waals surface area contributed by atoms with E-state index in [1.165, 1.54) is 18.3 Å². The van der Waals surface area contributed by atoms with Gasteiger partial charge in [0.15, 0.2) is 0 Å². The van der Waals surface area contributed by atoms with Crippen molar-refractivity contribution in [3.05, 3.63) is 53.7 Å². The lowest BCUT2D eigenvalue weighted by Gasteiger charge is -2.14. The van der Waals surface area contributed by atoms with Crippen molar-refractivity contribution in [3.63, 3.8) is 0 Å². The fraction of sp³-hybridized carbons (Fsp3) is 0.0769. The molecule has 0 atom stereocenters. The number of sulfonamides is 1. The highest BCUT2D eigenvalue weighted by atomic mass is 32.2. The van der Waals surface area contributed by atoms with Crippen LogP contribution < -0.4 is 5.73 Å². The van der Waals surface area contributed by atoms with Gasteiger partial charge in [-0.15, -0.1) is 0 Å². The molecule has 102 valence electrons. The summed E-state index contributed by atoms with van der Waals surface area (Å²) < 4.78 is 25.5. The number of carbonyl (C=O) groups excluding carboxylic acids is 1. The van der Waals surface area contributed by atoms with Crippen molar-refractivity contribution < 1.29 is 13.2 Å². The molecule has 0 unspecified atom stereocenters. The standard InChI is InChI=1S/C13H11N3O3S/c14-12-6-5-9(7-15-12)8-16-13(17)10-3-1-2-4-11(10)20(16,18)19/h1-7H,8H2,(H2,14,15). The Morgan fingerprint density at radius 3 is 2.55 bits per heavy atom. The zero-order valence-electron chi connectivity index (χ0n) is 10.4. The van der Waals surface area contributed by atoms with E-state index < -0.39 is 15.9 Å². The number of aromatic nitrogens is 1. The Balaban J connectivity index is 2.00. The molecule has 7 heteroatoms. The molecule has 2 aromatic rings. The quantitative estimate of drug-likeness (QED) is 0.890. The van der Waals surface area contributed by atoms with Crippen molar-refractivity contribution in [1.82, 2.24) is 9.29 Å². The van der Waals surface area contributed by atoms with Crippen LogP contribution in [0.25, 0.3) is 0 Å². The summed E-state index contributed by atoms with van der Waals surface area (Å²) in [6.07, 6.45) is 1.46. The lowest BCUT2D eigenvalue weighted by molar-refractivity contribution is 0.0865. The number of rotatable bonds is 2. The van der Waals surface area contributed by atoms with Crippen LogP contribution in [0.2, 0.25) is 0 Å². The van der Waals surface area contributed by atoms with Gasteiger partial charge in [0.1, 0.15) is 10.7 Å². The Bertz CT molecular complexity index is 785. The topological polar surface area (TPSA) is 93.4 Å². The van der Waals surface area contributed by atoms with Gasteiger partial charge in [0, 0.05) is 6.20 Å². The van der Waals surface area contributed by atoms with Gasteiger partial charge >= 0.3 is 0 Å². The fourth-order valence-electron chi connectivity index (χ4n) is 2.08. The monoisotopic (exact) mass is 289 g/mol. The minimum atomic E-state index is -3.78. The zero-order chi connectivity index (χ0) is 14.3. The first-order valence-electron chi connectivity index (χ1n) is 5.86. The third-order valence-corrected chi connectivity index (χ3v) is 4.87. The largest absolute Gasteiger partial charge is 0.384 e. The van der Waals surface area contributed by atoms with Crippen molar-refractivity contribution in [1.29, 1.82) is 0 Å². The molecule has 0 saturated carbocycles. The molecule has 2 heterocycles. The summed E-state index contributed by atoms with van der Waals surface area (Å²) >= 11 is 0. The lowest BCUT2D eigenvalue weighted by Crippen LogP contribution is -2.29. The molecule has 1 aliphatic rings. The van der Waals surface area contributed by atoms with E-state index >= 15 is 0 Å². The minimum absolute atomic E-state index is 0.0494. The van der Waals surface area contributed by atoms with Gasteiger partial charge in [0.05, 0.1) is 12.1 Å². The molecule has 20 heavy (non-hydrogen) atoms. The molecule has 0 bridgehead atoms. The summed E-state index contributed by atoms with van der Waals surface area (Å²) in [5, 5.41) is 0. The molecule has 1 amide bonds. The fourth-order valence-corrected chi connectivity index (χ4v) is 3.64. The molecular weight excluding hydrogens is 278 g/mol. The van der Waals surface area contributed by atoms with Crippen molar-refractivity contribution >= 4 is 21.7 Å². The SMILES string of the molecule is Nc1ccc(CN2C(=O)c3ccccc3S2(=O)=O)cn1. The van der Waals surface area contributed by atoms with E-state index in [1.807, 2.05) is 0 Å². The lowest BCUT2D eigenvalue weighted by atomic mass is 10.2. The maximum absolute atomic E-state index is 12.3. The van der Waals surface area contributed by atoms with Crippen LogP contribution in [0.4, 0.5) is 5.82 Å². The molecule has 0 saturated heterocycles. The number of hydrogen-bond acceptors (Lipinski definition) is 5. The summed E-state index contributed by atoms with van der Waals surface area (Å²) in [5.74, 6) is -0.176. The van der Waals surface area contributed by atoms with Gasteiger partial charge < -0.3 is 5.73 Å². The Morgan fingerprint density at radius 1 is 1.15 bits per heavy atom. The van der Waals surface area contributed by atoms with Gasteiger partial charge in [-0.1, -0.05) is 18.2 Å². The minimum Gasteiger partial charge on any atom is -0.384 e. The number of amides is 1. The van der Waals surface area contributed by atoms with Crippen molar-refractivity contribution in [2.24, 2.45) is 0 Å². The number of pyridine rings is 1. The second-order valence-electron chi connectivity index (χ2n) is 4.40. The number of hydrogen-bond donors (Lipinski definition) is 1. The first-order valence-corrected chi connectivity index (χ1v) is 7.30. The van der Waals surface area contributed by atoms with Crippen molar-refractivity contribution in [3.8, 4) is 0 Å². The highest BCUT2D eigenvalue weighted by Crippen LogP contribution is 2.31. The first kappa shape index (κ1) is 12.6. The van der Waals surface area contributed by atoms with E-state index in [0.29, 0.717) is 11.4 Å². The molecule has 1 aromatic heterocycles. The van der Waals surface area contributed by atoms with Gasteiger partial charge in [-0.25, -0.2) is 17.7 Å². The maximum atomic E-state index is 12.3. The molecule has 1 aliphatic heterocycles. The Labute approximate surface area is 115 Å². The predicted octanol–water partition coefficient (Wildman–Crippen LogP) is 1.01. The molecule has 1 aromatic carbocycles. The van der Waals surface area contributed by atoms with Gasteiger partial charge in [-0.2, -0.15) is 0 Å². The normalized spacial score (nSPS) is 16.2. The smallest absolute Gasteiger partial charge is 0.269 e. The van der Waals surface area contributed by atoms with Crippen molar-refractivity contribution in [2.45, 2.75) is 11.4 Å². The third-order valence-electron chi connectivity index (χ3n) is 3.09. The Morgan fingerprint density at radius 2 is 1.90 bits per heavy atom. The third kappa shape index (κ3) is 1.83. The number of carbonyl (C=O) groups is 1. The molecular formula is C13H11N3O3S.